The molecule has 0 bridgehead atoms. The summed E-state index contributed by atoms with van der Waals surface area (Å²) in [5.41, 5.74) is -1.43. The van der Waals surface area contributed by atoms with E-state index in [1.165, 1.54) is 11.8 Å². The summed E-state index contributed by atoms with van der Waals surface area (Å²) in [7, 11) is 0. The Balaban J connectivity index is 3.99. The van der Waals surface area contributed by atoms with E-state index in [1.54, 1.807) is 6.92 Å². The molecule has 0 aliphatic heterocycles. The van der Waals surface area contributed by atoms with Crippen molar-refractivity contribution in [2.75, 3.05) is 37.9 Å². The molecular formula is C19H37NO7S. The van der Waals surface area contributed by atoms with Gasteiger partial charge < -0.3 is 30.5 Å². The lowest BCUT2D eigenvalue weighted by molar-refractivity contribution is -0.146. The first-order valence-corrected chi connectivity index (χ1v) is 10.9. The normalized spacial score (nSPS) is 15.0. The maximum absolute atomic E-state index is 12.1. The second-order valence-corrected chi connectivity index (χ2v) is 8.55. The van der Waals surface area contributed by atoms with E-state index in [1.807, 2.05) is 0 Å². The van der Waals surface area contributed by atoms with Crippen LogP contribution in [-0.2, 0) is 14.3 Å². The highest BCUT2D eigenvalue weighted by Gasteiger charge is 2.31. The molecule has 9 heteroatoms. The van der Waals surface area contributed by atoms with Crippen LogP contribution < -0.4 is 5.32 Å². The van der Waals surface area contributed by atoms with E-state index < -0.39 is 43.3 Å². The number of rotatable bonds is 16. The molecule has 0 radical (unpaired) electrons. The lowest BCUT2D eigenvalue weighted by atomic mass is 10.0. The molecule has 0 saturated carbocycles. The number of ether oxygens (including phenoxy) is 1. The predicted octanol–water partition coefficient (Wildman–Crippen LogP) is 0.308. The van der Waals surface area contributed by atoms with Gasteiger partial charge in [0.2, 0.25) is 5.91 Å². The molecule has 3 atom stereocenters. The molecule has 0 aromatic rings. The minimum absolute atomic E-state index is 0.00427. The zero-order valence-electron chi connectivity index (χ0n) is 17.2. The number of carbonyl (C=O) groups is 2. The van der Waals surface area contributed by atoms with Gasteiger partial charge in [0, 0.05) is 17.4 Å². The van der Waals surface area contributed by atoms with Crippen LogP contribution in [0.2, 0.25) is 0 Å². The van der Waals surface area contributed by atoms with Crippen LogP contribution in [0, 0.1) is 11.8 Å². The maximum atomic E-state index is 12.1. The van der Waals surface area contributed by atoms with Crippen molar-refractivity contribution >= 4 is 23.6 Å². The number of hydrogen-bond acceptors (Lipinski definition) is 8. The van der Waals surface area contributed by atoms with Gasteiger partial charge >= 0.3 is 5.97 Å². The fourth-order valence-corrected chi connectivity index (χ4v) is 3.15. The average molecular weight is 424 g/mol. The largest absolute Gasteiger partial charge is 0.463 e. The molecule has 0 saturated heterocycles. The predicted molar refractivity (Wildman–Crippen MR) is 109 cm³/mol. The van der Waals surface area contributed by atoms with E-state index in [9.17, 15) is 30.0 Å². The minimum Gasteiger partial charge on any atom is -0.463 e. The van der Waals surface area contributed by atoms with E-state index >= 15 is 0 Å². The van der Waals surface area contributed by atoms with Gasteiger partial charge in [-0.2, -0.15) is 11.8 Å². The summed E-state index contributed by atoms with van der Waals surface area (Å²) in [6, 6.07) is 0. The molecule has 166 valence electrons. The van der Waals surface area contributed by atoms with Crippen LogP contribution in [0.15, 0.2) is 0 Å². The summed E-state index contributed by atoms with van der Waals surface area (Å²) >= 11 is 1.41. The van der Waals surface area contributed by atoms with Gasteiger partial charge in [-0.25, -0.2) is 0 Å². The Morgan fingerprint density at radius 1 is 1.11 bits per heavy atom. The Kier molecular flexibility index (Phi) is 14.6. The molecule has 5 N–H and O–H groups in total. The quantitative estimate of drug-likeness (QED) is 0.177. The molecule has 0 heterocycles. The SMILES string of the molecule is CCC(C)CCC(O)COC(=O)CCSCC(C)C(=O)NC(CO)(CO)CO. The lowest BCUT2D eigenvalue weighted by Gasteiger charge is -2.30. The van der Waals surface area contributed by atoms with E-state index in [-0.39, 0.29) is 19.0 Å². The highest BCUT2D eigenvalue weighted by molar-refractivity contribution is 7.99. The van der Waals surface area contributed by atoms with Crippen molar-refractivity contribution in [1.82, 2.24) is 5.32 Å². The van der Waals surface area contributed by atoms with Gasteiger partial charge in [0.15, 0.2) is 0 Å². The number of aliphatic hydroxyl groups is 4. The maximum Gasteiger partial charge on any atom is 0.306 e. The Hall–Kier alpha value is -0.870. The summed E-state index contributed by atoms with van der Waals surface area (Å²) in [6.07, 6.45) is 2.11. The van der Waals surface area contributed by atoms with Crippen LogP contribution in [0.3, 0.4) is 0 Å². The van der Waals surface area contributed by atoms with Crippen LogP contribution >= 0.6 is 11.8 Å². The number of hydrogen-bond donors (Lipinski definition) is 5. The van der Waals surface area contributed by atoms with Gasteiger partial charge in [-0.15, -0.1) is 0 Å². The Morgan fingerprint density at radius 2 is 1.71 bits per heavy atom. The van der Waals surface area contributed by atoms with Crippen molar-refractivity contribution in [3.63, 3.8) is 0 Å². The summed E-state index contributed by atoms with van der Waals surface area (Å²) in [4.78, 5) is 23.8. The summed E-state index contributed by atoms with van der Waals surface area (Å²) in [6.45, 7) is 4.20. The van der Waals surface area contributed by atoms with E-state index in [2.05, 4.69) is 19.2 Å². The van der Waals surface area contributed by atoms with Crippen molar-refractivity contribution in [3.8, 4) is 0 Å². The fourth-order valence-electron chi connectivity index (χ4n) is 2.17. The topological polar surface area (TPSA) is 136 Å². The Bertz CT molecular complexity index is 438. The van der Waals surface area contributed by atoms with Crippen LogP contribution in [0.4, 0.5) is 0 Å². The summed E-state index contributed by atoms with van der Waals surface area (Å²) < 4.78 is 5.07. The zero-order valence-corrected chi connectivity index (χ0v) is 18.0. The van der Waals surface area contributed by atoms with E-state index in [4.69, 9.17) is 4.74 Å². The first kappa shape index (κ1) is 27.1. The van der Waals surface area contributed by atoms with E-state index in [0.29, 0.717) is 23.8 Å². The van der Waals surface area contributed by atoms with E-state index in [0.717, 1.165) is 12.8 Å². The molecule has 1 amide bonds. The third-order valence-corrected chi connectivity index (χ3v) is 5.92. The molecule has 0 aliphatic rings. The molecule has 0 aromatic carbocycles. The smallest absolute Gasteiger partial charge is 0.306 e. The zero-order chi connectivity index (χ0) is 21.6. The Labute approximate surface area is 172 Å². The van der Waals surface area contributed by atoms with Crippen LogP contribution in [0.25, 0.3) is 0 Å². The highest BCUT2D eigenvalue weighted by Crippen LogP contribution is 2.14. The standard InChI is InChI=1S/C19H37NO7S/c1-4-14(2)5-6-16(24)9-27-17(25)7-8-28-10-15(3)18(26)20-19(11-21,12-22)13-23/h14-16,21-24H,4-13H2,1-3H3,(H,20,26). The van der Waals surface area contributed by atoms with Gasteiger partial charge in [0.05, 0.1) is 32.3 Å². The molecule has 28 heavy (non-hydrogen) atoms. The first-order chi connectivity index (χ1) is 13.2. The third-order valence-electron chi connectivity index (χ3n) is 4.69. The van der Waals surface area contributed by atoms with Crippen LogP contribution in [0.1, 0.15) is 46.5 Å². The molecule has 0 aliphatic carbocycles. The number of nitrogens with one attached hydrogen (secondary N) is 1. The molecule has 0 fully saturated rings. The van der Waals surface area contributed by atoms with Crippen molar-refractivity contribution in [3.05, 3.63) is 0 Å². The van der Waals surface area contributed by atoms with Gasteiger partial charge in [0.25, 0.3) is 0 Å². The lowest BCUT2D eigenvalue weighted by Crippen LogP contribution is -2.58. The molecule has 0 aromatic heterocycles. The van der Waals surface area contributed by atoms with Crippen molar-refractivity contribution < 1.29 is 34.8 Å². The molecule has 0 rings (SSSR count). The van der Waals surface area contributed by atoms with Crippen molar-refractivity contribution in [1.29, 1.82) is 0 Å². The van der Waals surface area contributed by atoms with Gasteiger partial charge in [-0.05, 0) is 18.8 Å². The van der Waals surface area contributed by atoms with Crippen LogP contribution in [0.5, 0.6) is 0 Å². The number of thioether (sulfide) groups is 1. The van der Waals surface area contributed by atoms with Gasteiger partial charge in [-0.1, -0.05) is 27.2 Å². The summed E-state index contributed by atoms with van der Waals surface area (Å²) in [5, 5.41) is 40.0. The second-order valence-electron chi connectivity index (χ2n) is 7.40. The summed E-state index contributed by atoms with van der Waals surface area (Å²) in [5.74, 6) is 0.258. The third kappa shape index (κ3) is 11.2. The van der Waals surface area contributed by atoms with Gasteiger partial charge in [0.1, 0.15) is 12.1 Å². The molecule has 0 spiro atoms. The Morgan fingerprint density at radius 3 is 2.25 bits per heavy atom. The fraction of sp³-hybridized carbons (Fsp3) is 0.895. The number of esters is 1. The minimum atomic E-state index is -1.43. The first-order valence-electron chi connectivity index (χ1n) is 9.79. The van der Waals surface area contributed by atoms with Crippen LogP contribution in [-0.4, -0.2) is 81.9 Å². The highest BCUT2D eigenvalue weighted by atomic mass is 32.2. The number of aliphatic hydroxyl groups excluding tert-OH is 4. The number of amides is 1. The number of carbonyl (C=O) groups excluding carboxylic acids is 2. The second kappa shape index (κ2) is 15.0. The van der Waals surface area contributed by atoms with Crippen molar-refractivity contribution in [2.45, 2.75) is 58.1 Å². The van der Waals surface area contributed by atoms with Crippen molar-refractivity contribution in [2.24, 2.45) is 11.8 Å². The molecule has 3 unspecified atom stereocenters. The average Bonchev–Trinajstić information content (AvgIpc) is 2.71. The molecule has 8 nitrogen and oxygen atoms in total. The molecular weight excluding hydrogens is 386 g/mol. The monoisotopic (exact) mass is 423 g/mol. The van der Waals surface area contributed by atoms with Gasteiger partial charge in [-0.3, -0.25) is 9.59 Å².